The molecule has 2 aliphatic heterocycles. The minimum Gasteiger partial charge on any atom is -0.341 e. The molecule has 0 unspecified atom stereocenters. The Morgan fingerprint density at radius 3 is 2.54 bits per heavy atom. The zero-order chi connectivity index (χ0) is 9.69. The van der Waals surface area contributed by atoms with Crippen LogP contribution in [0.5, 0.6) is 0 Å². The smallest absolute Gasteiger partial charge is 0.171 e. The van der Waals surface area contributed by atoms with E-state index >= 15 is 0 Å². The fourth-order valence-corrected chi connectivity index (χ4v) is 2.47. The number of nitrogens with zero attached hydrogens (tertiary/aromatic N) is 1. The summed E-state index contributed by atoms with van der Waals surface area (Å²) in [6.07, 6.45) is 0. The second kappa shape index (κ2) is 2.56. The van der Waals surface area contributed by atoms with E-state index in [1.54, 1.807) is 0 Å². The molecular weight excluding hydrogens is 184 g/mol. The lowest BCUT2D eigenvalue weighted by atomic mass is 9.95. The van der Waals surface area contributed by atoms with Crippen LogP contribution in [0.3, 0.4) is 0 Å². The molecule has 5 heteroatoms. The van der Waals surface area contributed by atoms with Gasteiger partial charge in [-0.15, -0.1) is 0 Å². The van der Waals surface area contributed by atoms with E-state index in [-0.39, 0.29) is 11.3 Å². The zero-order valence-corrected chi connectivity index (χ0v) is 9.09. The third-order valence-corrected chi connectivity index (χ3v) is 3.75. The Bertz CT molecular complexity index is 257. The van der Waals surface area contributed by atoms with Crippen molar-refractivity contribution in [2.45, 2.75) is 25.2 Å². The molecule has 2 aliphatic rings. The van der Waals surface area contributed by atoms with E-state index in [4.69, 9.17) is 12.2 Å². The summed E-state index contributed by atoms with van der Waals surface area (Å²) in [5, 5.41) is 11.1. The molecule has 2 fully saturated rings. The van der Waals surface area contributed by atoms with Gasteiger partial charge in [0.15, 0.2) is 5.11 Å². The minimum atomic E-state index is -0.156. The Morgan fingerprint density at radius 1 is 1.31 bits per heavy atom. The summed E-state index contributed by atoms with van der Waals surface area (Å²) < 4.78 is 0. The molecule has 0 aromatic rings. The maximum absolute atomic E-state index is 5.23. The molecule has 0 radical (unpaired) electrons. The average Bonchev–Trinajstić information content (AvgIpc) is 2.25. The quantitative estimate of drug-likeness (QED) is 0.457. The highest BCUT2D eigenvalue weighted by Gasteiger charge is 2.55. The van der Waals surface area contributed by atoms with Crippen molar-refractivity contribution < 1.29 is 0 Å². The summed E-state index contributed by atoms with van der Waals surface area (Å²) in [5.41, 5.74) is -0.278. The average molecular weight is 200 g/mol. The Morgan fingerprint density at radius 2 is 1.92 bits per heavy atom. The topological polar surface area (TPSA) is 39.3 Å². The highest BCUT2D eigenvalue weighted by molar-refractivity contribution is 7.80. The molecular formula is C8H16N4S. The molecule has 2 heterocycles. The lowest BCUT2D eigenvalue weighted by Crippen LogP contribution is -2.75. The van der Waals surface area contributed by atoms with Gasteiger partial charge in [0.2, 0.25) is 0 Å². The first-order valence-corrected chi connectivity index (χ1v) is 4.96. The molecule has 2 saturated heterocycles. The van der Waals surface area contributed by atoms with Crippen LogP contribution in [0.1, 0.15) is 13.8 Å². The molecule has 0 amide bonds. The fraction of sp³-hybridized carbons (Fsp3) is 0.875. The van der Waals surface area contributed by atoms with Gasteiger partial charge in [-0.3, -0.25) is 10.6 Å². The summed E-state index contributed by atoms with van der Waals surface area (Å²) in [6.45, 7) is 6.23. The predicted molar refractivity (Wildman–Crippen MR) is 56.3 cm³/mol. The number of piperazine rings is 1. The lowest BCUT2D eigenvalue weighted by Gasteiger charge is -2.47. The minimum absolute atomic E-state index is 0.123. The van der Waals surface area contributed by atoms with Crippen LogP contribution in [0, 0.1) is 0 Å². The summed E-state index contributed by atoms with van der Waals surface area (Å²) in [4.78, 5) is 2.08. The molecule has 74 valence electrons. The lowest BCUT2D eigenvalue weighted by molar-refractivity contribution is 0.0581. The van der Waals surface area contributed by atoms with Crippen molar-refractivity contribution in [3.05, 3.63) is 0 Å². The summed E-state index contributed by atoms with van der Waals surface area (Å²) in [5.74, 6) is 0. The van der Waals surface area contributed by atoms with Crippen LogP contribution < -0.4 is 16.0 Å². The van der Waals surface area contributed by atoms with Crippen molar-refractivity contribution in [3.63, 3.8) is 0 Å². The van der Waals surface area contributed by atoms with Gasteiger partial charge in [-0.2, -0.15) is 0 Å². The highest BCUT2D eigenvalue weighted by atomic mass is 32.1. The molecule has 2 rings (SSSR count). The van der Waals surface area contributed by atoms with Gasteiger partial charge in [0.1, 0.15) is 11.3 Å². The Balaban J connectivity index is 2.38. The number of likely N-dealkylation sites (N-methyl/N-ethyl adjacent to an activating group) is 1. The van der Waals surface area contributed by atoms with E-state index < -0.39 is 0 Å². The van der Waals surface area contributed by atoms with Crippen molar-refractivity contribution in [1.29, 1.82) is 0 Å². The molecule has 3 N–H and O–H groups in total. The SMILES string of the molecule is CN1C(=S)N[C@]2(C)NCCN[C@]12C. The van der Waals surface area contributed by atoms with Gasteiger partial charge in [0.05, 0.1) is 0 Å². The molecule has 4 nitrogen and oxygen atoms in total. The van der Waals surface area contributed by atoms with E-state index in [1.807, 2.05) is 7.05 Å². The maximum atomic E-state index is 5.23. The highest BCUT2D eigenvalue weighted by Crippen LogP contribution is 2.30. The number of hydrogen-bond donors (Lipinski definition) is 3. The number of rotatable bonds is 0. The van der Waals surface area contributed by atoms with Crippen LogP contribution >= 0.6 is 12.2 Å². The van der Waals surface area contributed by atoms with E-state index in [2.05, 4.69) is 34.7 Å². The molecule has 0 aliphatic carbocycles. The standard InChI is InChI=1S/C8H16N4S/c1-7-8(2,10-5-4-9-7)12(3)6(13)11-7/h9-10H,4-5H2,1-3H3,(H,11,13)/t7-,8+/m0/s1. The van der Waals surface area contributed by atoms with Crippen molar-refractivity contribution in [2.24, 2.45) is 0 Å². The first-order valence-electron chi connectivity index (χ1n) is 4.56. The molecule has 2 atom stereocenters. The molecule has 0 aromatic heterocycles. The third-order valence-electron chi connectivity index (χ3n) is 3.38. The number of thiocarbonyl (C=S) groups is 1. The van der Waals surface area contributed by atoms with Crippen molar-refractivity contribution >= 4 is 17.3 Å². The first-order chi connectivity index (χ1) is 6.00. The van der Waals surface area contributed by atoms with Gasteiger partial charge in [-0.1, -0.05) is 0 Å². The molecule has 0 spiro atoms. The van der Waals surface area contributed by atoms with Gasteiger partial charge in [0, 0.05) is 20.1 Å². The molecule has 0 saturated carbocycles. The van der Waals surface area contributed by atoms with Crippen molar-refractivity contribution in [1.82, 2.24) is 20.9 Å². The normalized spacial score (nSPS) is 44.5. The van der Waals surface area contributed by atoms with Crippen LogP contribution in [-0.4, -0.2) is 41.5 Å². The monoisotopic (exact) mass is 200 g/mol. The largest absolute Gasteiger partial charge is 0.341 e. The van der Waals surface area contributed by atoms with Crippen molar-refractivity contribution in [2.75, 3.05) is 20.1 Å². The van der Waals surface area contributed by atoms with Crippen LogP contribution in [0.25, 0.3) is 0 Å². The first kappa shape index (κ1) is 9.18. The summed E-state index contributed by atoms with van der Waals surface area (Å²) >= 11 is 5.23. The number of fused-ring (bicyclic) bond motifs is 1. The Kier molecular flexibility index (Phi) is 1.80. The number of hydrogen-bond acceptors (Lipinski definition) is 3. The number of nitrogens with one attached hydrogen (secondary N) is 3. The third kappa shape index (κ3) is 1.01. The van der Waals surface area contributed by atoms with Crippen LogP contribution in [-0.2, 0) is 0 Å². The summed E-state index contributed by atoms with van der Waals surface area (Å²) in [7, 11) is 2.01. The molecule has 0 aromatic carbocycles. The van der Waals surface area contributed by atoms with Gasteiger partial charge >= 0.3 is 0 Å². The van der Waals surface area contributed by atoms with Crippen LogP contribution in [0.2, 0.25) is 0 Å². The zero-order valence-electron chi connectivity index (χ0n) is 8.27. The van der Waals surface area contributed by atoms with Gasteiger partial charge in [-0.25, -0.2) is 0 Å². The fourth-order valence-electron chi connectivity index (χ4n) is 2.09. The van der Waals surface area contributed by atoms with Gasteiger partial charge < -0.3 is 10.2 Å². The van der Waals surface area contributed by atoms with E-state index in [9.17, 15) is 0 Å². The molecule has 0 bridgehead atoms. The second-order valence-electron chi connectivity index (χ2n) is 4.04. The van der Waals surface area contributed by atoms with Gasteiger partial charge in [0.25, 0.3) is 0 Å². The van der Waals surface area contributed by atoms with E-state index in [0.717, 1.165) is 18.2 Å². The van der Waals surface area contributed by atoms with Crippen LogP contribution in [0.4, 0.5) is 0 Å². The Labute approximate surface area is 84.1 Å². The van der Waals surface area contributed by atoms with Crippen LogP contribution in [0.15, 0.2) is 0 Å². The van der Waals surface area contributed by atoms with Gasteiger partial charge in [-0.05, 0) is 26.1 Å². The maximum Gasteiger partial charge on any atom is 0.171 e. The summed E-state index contributed by atoms with van der Waals surface area (Å²) in [6, 6.07) is 0. The van der Waals surface area contributed by atoms with E-state index in [1.165, 1.54) is 0 Å². The predicted octanol–water partition coefficient (Wildman–Crippen LogP) is -0.568. The Hall–Kier alpha value is -0.390. The second-order valence-corrected chi connectivity index (χ2v) is 4.43. The molecule has 13 heavy (non-hydrogen) atoms. The van der Waals surface area contributed by atoms with Crippen molar-refractivity contribution in [3.8, 4) is 0 Å². The van der Waals surface area contributed by atoms with E-state index in [0.29, 0.717) is 0 Å².